The molecule has 1 amide bonds. The zero-order valence-electron chi connectivity index (χ0n) is 11.6. The van der Waals surface area contributed by atoms with Crippen molar-refractivity contribution in [3.8, 4) is 11.5 Å². The average Bonchev–Trinajstić information content (AvgIpc) is 2.46. The highest BCUT2D eigenvalue weighted by Gasteiger charge is 2.18. The highest BCUT2D eigenvalue weighted by Crippen LogP contribution is 2.28. The number of aromatic nitrogens is 1. The van der Waals surface area contributed by atoms with Gasteiger partial charge < -0.3 is 14.8 Å². The van der Waals surface area contributed by atoms with E-state index in [0.29, 0.717) is 22.9 Å². The first kappa shape index (κ1) is 13.9. The lowest BCUT2D eigenvalue weighted by molar-refractivity contribution is 0.102. The molecule has 1 heterocycles. The van der Waals surface area contributed by atoms with Crippen LogP contribution in [0.2, 0.25) is 0 Å². The molecule has 0 saturated carbocycles. The third-order valence-corrected chi connectivity index (χ3v) is 2.78. The predicted molar refractivity (Wildman–Crippen MR) is 76.5 cm³/mol. The molecule has 5 nitrogen and oxygen atoms in total. The van der Waals surface area contributed by atoms with Crippen molar-refractivity contribution in [3.05, 3.63) is 47.7 Å². The van der Waals surface area contributed by atoms with Crippen molar-refractivity contribution in [1.82, 2.24) is 4.98 Å². The first-order valence-electron chi connectivity index (χ1n) is 6.11. The van der Waals surface area contributed by atoms with Gasteiger partial charge in [0.15, 0.2) is 0 Å². The number of carbonyl (C=O) groups excluding carboxylic acids is 1. The van der Waals surface area contributed by atoms with E-state index in [1.165, 1.54) is 14.2 Å². The summed E-state index contributed by atoms with van der Waals surface area (Å²) in [7, 11) is 3.02. The van der Waals surface area contributed by atoms with E-state index in [9.17, 15) is 4.79 Å². The van der Waals surface area contributed by atoms with Gasteiger partial charge in [-0.2, -0.15) is 0 Å². The monoisotopic (exact) mass is 272 g/mol. The highest BCUT2D eigenvalue weighted by atomic mass is 16.5. The van der Waals surface area contributed by atoms with Crippen molar-refractivity contribution in [2.45, 2.75) is 6.92 Å². The molecule has 0 atom stereocenters. The number of anilines is 1. The van der Waals surface area contributed by atoms with Crippen LogP contribution >= 0.6 is 0 Å². The van der Waals surface area contributed by atoms with Crippen LogP contribution in [0.3, 0.4) is 0 Å². The van der Waals surface area contributed by atoms with Gasteiger partial charge in [0.05, 0.1) is 14.2 Å². The summed E-state index contributed by atoms with van der Waals surface area (Å²) in [4.78, 5) is 16.6. The van der Waals surface area contributed by atoms with E-state index in [4.69, 9.17) is 9.47 Å². The van der Waals surface area contributed by atoms with Crippen LogP contribution in [0, 0.1) is 6.92 Å². The van der Waals surface area contributed by atoms with Crippen molar-refractivity contribution in [1.29, 1.82) is 0 Å². The molecule has 0 saturated heterocycles. The number of carbonyl (C=O) groups is 1. The van der Waals surface area contributed by atoms with Crippen LogP contribution in [-0.4, -0.2) is 25.1 Å². The van der Waals surface area contributed by atoms with E-state index in [-0.39, 0.29) is 5.91 Å². The number of pyridine rings is 1. The first-order valence-corrected chi connectivity index (χ1v) is 6.11. The van der Waals surface area contributed by atoms with Crippen LogP contribution in [0.1, 0.15) is 16.1 Å². The summed E-state index contributed by atoms with van der Waals surface area (Å²) < 4.78 is 10.4. The van der Waals surface area contributed by atoms with Gasteiger partial charge >= 0.3 is 0 Å². The summed E-state index contributed by atoms with van der Waals surface area (Å²) >= 11 is 0. The largest absolute Gasteiger partial charge is 0.496 e. The van der Waals surface area contributed by atoms with E-state index in [1.807, 2.05) is 19.1 Å². The number of rotatable bonds is 4. The van der Waals surface area contributed by atoms with Gasteiger partial charge in [-0.05, 0) is 31.2 Å². The lowest BCUT2D eigenvalue weighted by Crippen LogP contribution is -2.15. The molecule has 0 bridgehead atoms. The zero-order chi connectivity index (χ0) is 14.5. The third-order valence-electron chi connectivity index (χ3n) is 2.78. The van der Waals surface area contributed by atoms with Crippen LogP contribution in [0.5, 0.6) is 11.5 Å². The molecule has 0 aliphatic rings. The van der Waals surface area contributed by atoms with E-state index < -0.39 is 0 Å². The Balaban J connectivity index is 2.33. The number of methoxy groups -OCH3 is 2. The first-order chi connectivity index (χ1) is 9.65. The topological polar surface area (TPSA) is 60.5 Å². The van der Waals surface area contributed by atoms with E-state index in [0.717, 1.165) is 5.69 Å². The second-order valence-corrected chi connectivity index (χ2v) is 4.16. The molecule has 0 spiro atoms. The SMILES string of the molecule is COc1cccc(OC)c1C(=O)Nc1cccc(C)n1. The Bertz CT molecular complexity index is 604. The lowest BCUT2D eigenvalue weighted by Gasteiger charge is -2.12. The van der Waals surface area contributed by atoms with Gasteiger partial charge in [-0.15, -0.1) is 0 Å². The fraction of sp³-hybridized carbons (Fsp3) is 0.200. The van der Waals surface area contributed by atoms with Crippen molar-refractivity contribution in [2.75, 3.05) is 19.5 Å². The number of benzene rings is 1. The Labute approximate surface area is 117 Å². The third kappa shape index (κ3) is 2.88. The van der Waals surface area contributed by atoms with Crippen LogP contribution in [0.25, 0.3) is 0 Å². The van der Waals surface area contributed by atoms with Gasteiger partial charge in [0, 0.05) is 5.69 Å². The second kappa shape index (κ2) is 6.06. The summed E-state index contributed by atoms with van der Waals surface area (Å²) in [6.07, 6.45) is 0. The molecule has 2 rings (SSSR count). The molecule has 20 heavy (non-hydrogen) atoms. The molecule has 1 N–H and O–H groups in total. The minimum atomic E-state index is -0.322. The fourth-order valence-corrected chi connectivity index (χ4v) is 1.87. The molecule has 5 heteroatoms. The Hall–Kier alpha value is -2.56. The summed E-state index contributed by atoms with van der Waals surface area (Å²) in [5, 5.41) is 2.74. The van der Waals surface area contributed by atoms with Crippen molar-refractivity contribution in [2.24, 2.45) is 0 Å². The Morgan fingerprint density at radius 3 is 2.20 bits per heavy atom. The number of amides is 1. The number of nitrogens with zero attached hydrogens (tertiary/aromatic N) is 1. The molecule has 104 valence electrons. The Kier molecular flexibility index (Phi) is 4.20. The minimum absolute atomic E-state index is 0.322. The normalized spacial score (nSPS) is 9.95. The van der Waals surface area contributed by atoms with Crippen molar-refractivity contribution in [3.63, 3.8) is 0 Å². The molecule has 1 aromatic heterocycles. The maximum atomic E-state index is 12.4. The van der Waals surface area contributed by atoms with Gasteiger partial charge in [-0.25, -0.2) is 4.98 Å². The molecule has 2 aromatic rings. The van der Waals surface area contributed by atoms with Gasteiger partial charge in [0.25, 0.3) is 5.91 Å². The number of aryl methyl sites for hydroxylation is 1. The Morgan fingerprint density at radius 2 is 1.65 bits per heavy atom. The fourth-order valence-electron chi connectivity index (χ4n) is 1.87. The Morgan fingerprint density at radius 1 is 1.05 bits per heavy atom. The second-order valence-electron chi connectivity index (χ2n) is 4.16. The van der Waals surface area contributed by atoms with Crippen LogP contribution in [-0.2, 0) is 0 Å². The van der Waals surface area contributed by atoms with Gasteiger partial charge in [-0.3, -0.25) is 4.79 Å². The lowest BCUT2D eigenvalue weighted by atomic mass is 10.1. The zero-order valence-corrected chi connectivity index (χ0v) is 11.6. The standard InChI is InChI=1S/C15H16N2O3/c1-10-6-4-9-13(16-10)17-15(18)14-11(19-2)7-5-8-12(14)20-3/h4-9H,1-3H3,(H,16,17,18). The van der Waals surface area contributed by atoms with E-state index in [1.54, 1.807) is 24.3 Å². The number of hydrogen-bond acceptors (Lipinski definition) is 4. The minimum Gasteiger partial charge on any atom is -0.496 e. The summed E-state index contributed by atoms with van der Waals surface area (Å²) in [5.74, 6) is 1.07. The molecule has 1 aromatic carbocycles. The number of ether oxygens (including phenoxy) is 2. The quantitative estimate of drug-likeness (QED) is 0.929. The molecule has 0 unspecified atom stereocenters. The highest BCUT2D eigenvalue weighted by molar-refractivity contribution is 6.07. The molecule has 0 fully saturated rings. The maximum absolute atomic E-state index is 12.4. The number of hydrogen-bond donors (Lipinski definition) is 1. The molecular weight excluding hydrogens is 256 g/mol. The average molecular weight is 272 g/mol. The van der Waals surface area contributed by atoms with Crippen molar-refractivity contribution < 1.29 is 14.3 Å². The summed E-state index contributed by atoms with van der Waals surface area (Å²) in [6.45, 7) is 1.86. The maximum Gasteiger partial charge on any atom is 0.264 e. The predicted octanol–water partition coefficient (Wildman–Crippen LogP) is 2.66. The van der Waals surface area contributed by atoms with Gasteiger partial charge in [-0.1, -0.05) is 12.1 Å². The molecular formula is C15H16N2O3. The van der Waals surface area contributed by atoms with Crippen molar-refractivity contribution >= 4 is 11.7 Å². The summed E-state index contributed by atoms with van der Waals surface area (Å²) in [6, 6.07) is 10.6. The van der Waals surface area contributed by atoms with Crippen LogP contribution in [0.4, 0.5) is 5.82 Å². The molecule has 0 radical (unpaired) electrons. The molecule has 0 aliphatic heterocycles. The molecule has 0 aliphatic carbocycles. The van der Waals surface area contributed by atoms with Gasteiger partial charge in [0.1, 0.15) is 22.9 Å². The van der Waals surface area contributed by atoms with Crippen LogP contribution < -0.4 is 14.8 Å². The van der Waals surface area contributed by atoms with E-state index in [2.05, 4.69) is 10.3 Å². The smallest absolute Gasteiger partial charge is 0.264 e. The van der Waals surface area contributed by atoms with Crippen LogP contribution in [0.15, 0.2) is 36.4 Å². The number of nitrogens with one attached hydrogen (secondary N) is 1. The summed E-state index contributed by atoms with van der Waals surface area (Å²) in [5.41, 5.74) is 1.18. The van der Waals surface area contributed by atoms with E-state index >= 15 is 0 Å². The van der Waals surface area contributed by atoms with Gasteiger partial charge in [0.2, 0.25) is 0 Å².